The topological polar surface area (TPSA) is 113 Å². The van der Waals surface area contributed by atoms with E-state index < -0.39 is 41.5 Å². The van der Waals surface area contributed by atoms with Crippen LogP contribution >= 0.6 is 0 Å². The number of rotatable bonds is 7. The Morgan fingerprint density at radius 2 is 1.54 bits per heavy atom. The summed E-state index contributed by atoms with van der Waals surface area (Å²) >= 11 is 0. The number of anilines is 3. The Balaban J connectivity index is 1.42. The highest BCUT2D eigenvalue weighted by atomic mass is 19.4. The summed E-state index contributed by atoms with van der Waals surface area (Å²) in [4.78, 5) is 42.3. The van der Waals surface area contributed by atoms with Crippen LogP contribution in [-0.2, 0) is 15.8 Å². The van der Waals surface area contributed by atoms with E-state index in [1.54, 1.807) is 4.90 Å². The van der Waals surface area contributed by atoms with Gasteiger partial charge in [0, 0.05) is 31.0 Å². The zero-order valence-corrected chi connectivity index (χ0v) is 20.3. The summed E-state index contributed by atoms with van der Waals surface area (Å²) in [5, 5.41) is 7.08. The molecule has 1 saturated heterocycles. The standard InChI is InChI=1S/C26H23F4N5O4/c27-16-3-5-17(6-4-16)32-23(36)15-24(37)33-21-8-7-18(13-20(21)26(28,29)30)39-19-9-10-31-22(14-19)34-25(38)35-11-1-2-12-35/h3-10,13-14H,1-2,11-12,15H2,(H,32,36)(H,33,37)(H,31,34,38). The van der Waals surface area contributed by atoms with E-state index in [1.807, 2.05) is 0 Å². The van der Waals surface area contributed by atoms with Crippen molar-refractivity contribution in [1.82, 2.24) is 9.88 Å². The number of halogens is 4. The number of alkyl halides is 3. The second-order valence-electron chi connectivity index (χ2n) is 8.59. The number of ether oxygens (including phenoxy) is 1. The fourth-order valence-electron chi connectivity index (χ4n) is 3.80. The number of nitrogens with one attached hydrogen (secondary N) is 3. The first-order valence-corrected chi connectivity index (χ1v) is 11.8. The van der Waals surface area contributed by atoms with Crippen LogP contribution in [0.1, 0.15) is 24.8 Å². The normalized spacial score (nSPS) is 13.1. The number of urea groups is 1. The highest BCUT2D eigenvalue weighted by molar-refractivity contribution is 6.08. The molecule has 1 aromatic heterocycles. The minimum atomic E-state index is -4.86. The third-order valence-electron chi connectivity index (χ3n) is 5.61. The summed E-state index contributed by atoms with van der Waals surface area (Å²) in [5.74, 6) is -2.18. The van der Waals surface area contributed by atoms with Crippen LogP contribution in [0.2, 0.25) is 0 Å². The molecule has 4 amide bonds. The van der Waals surface area contributed by atoms with Gasteiger partial charge < -0.3 is 20.3 Å². The van der Waals surface area contributed by atoms with Crippen molar-refractivity contribution in [2.45, 2.75) is 25.4 Å². The van der Waals surface area contributed by atoms with Crippen LogP contribution in [0, 0.1) is 5.82 Å². The number of carbonyl (C=O) groups excluding carboxylic acids is 3. The Labute approximate surface area is 220 Å². The van der Waals surface area contributed by atoms with Gasteiger partial charge in [0.2, 0.25) is 11.8 Å². The van der Waals surface area contributed by atoms with E-state index in [0.29, 0.717) is 19.2 Å². The average molecular weight is 545 g/mol. The third kappa shape index (κ3) is 7.66. The van der Waals surface area contributed by atoms with Gasteiger partial charge in [0.05, 0.1) is 11.3 Å². The number of carbonyl (C=O) groups is 3. The molecule has 204 valence electrons. The number of likely N-dealkylation sites (tertiary alicyclic amines) is 1. The van der Waals surface area contributed by atoms with Gasteiger partial charge in [-0.05, 0) is 61.4 Å². The minimum absolute atomic E-state index is 0.129. The number of hydrogen-bond acceptors (Lipinski definition) is 5. The quantitative estimate of drug-likeness (QED) is 0.263. The monoisotopic (exact) mass is 545 g/mol. The van der Waals surface area contributed by atoms with Crippen LogP contribution in [0.25, 0.3) is 0 Å². The molecule has 39 heavy (non-hydrogen) atoms. The smallest absolute Gasteiger partial charge is 0.418 e. The molecule has 2 aromatic carbocycles. The van der Waals surface area contributed by atoms with Gasteiger partial charge in [0.15, 0.2) is 0 Å². The first-order chi connectivity index (χ1) is 18.6. The number of benzene rings is 2. The number of pyridine rings is 1. The van der Waals surface area contributed by atoms with Crippen LogP contribution in [0.4, 0.5) is 39.5 Å². The largest absolute Gasteiger partial charge is 0.457 e. The van der Waals surface area contributed by atoms with Crippen LogP contribution in [0.15, 0.2) is 60.8 Å². The number of nitrogens with zero attached hydrogens (tertiary/aromatic N) is 2. The second-order valence-corrected chi connectivity index (χ2v) is 8.59. The summed E-state index contributed by atoms with van der Waals surface area (Å²) in [6, 6.07) is 10.1. The van der Waals surface area contributed by atoms with Crippen molar-refractivity contribution in [2.24, 2.45) is 0 Å². The molecule has 9 nitrogen and oxygen atoms in total. The molecule has 0 unspecified atom stereocenters. The highest BCUT2D eigenvalue weighted by Crippen LogP contribution is 2.38. The molecule has 0 aliphatic carbocycles. The summed E-state index contributed by atoms with van der Waals surface area (Å²) in [5.41, 5.74) is -1.53. The fraction of sp³-hybridized carbons (Fsp3) is 0.231. The number of hydrogen-bond donors (Lipinski definition) is 3. The van der Waals surface area contributed by atoms with E-state index in [1.165, 1.54) is 36.5 Å². The molecule has 0 spiro atoms. The predicted octanol–water partition coefficient (Wildman–Crippen LogP) is 5.63. The van der Waals surface area contributed by atoms with E-state index in [4.69, 9.17) is 4.74 Å². The highest BCUT2D eigenvalue weighted by Gasteiger charge is 2.34. The molecule has 4 rings (SSSR count). The van der Waals surface area contributed by atoms with Crippen molar-refractivity contribution in [3.05, 3.63) is 72.2 Å². The average Bonchev–Trinajstić information content (AvgIpc) is 3.41. The van der Waals surface area contributed by atoms with Crippen molar-refractivity contribution in [3.63, 3.8) is 0 Å². The molecule has 1 aliphatic heterocycles. The lowest BCUT2D eigenvalue weighted by molar-refractivity contribution is -0.137. The minimum Gasteiger partial charge on any atom is -0.457 e. The van der Waals surface area contributed by atoms with Crippen molar-refractivity contribution >= 4 is 35.0 Å². The Hall–Kier alpha value is -4.68. The molecule has 0 bridgehead atoms. The summed E-state index contributed by atoms with van der Waals surface area (Å²) in [6.45, 7) is 1.26. The van der Waals surface area contributed by atoms with E-state index in [-0.39, 0.29) is 29.0 Å². The first kappa shape index (κ1) is 27.4. The van der Waals surface area contributed by atoms with Crippen LogP contribution < -0.4 is 20.7 Å². The van der Waals surface area contributed by atoms with Gasteiger partial charge in [0.1, 0.15) is 29.6 Å². The lowest BCUT2D eigenvalue weighted by atomic mass is 10.1. The zero-order chi connectivity index (χ0) is 28.0. The van der Waals surface area contributed by atoms with E-state index in [9.17, 15) is 31.9 Å². The predicted molar refractivity (Wildman–Crippen MR) is 134 cm³/mol. The van der Waals surface area contributed by atoms with Gasteiger partial charge in [-0.3, -0.25) is 14.9 Å². The molecule has 0 atom stereocenters. The van der Waals surface area contributed by atoms with Gasteiger partial charge >= 0.3 is 12.2 Å². The molecule has 0 saturated carbocycles. The van der Waals surface area contributed by atoms with Gasteiger partial charge in [0.25, 0.3) is 0 Å². The maximum atomic E-state index is 13.8. The molecular formula is C26H23F4N5O4. The van der Waals surface area contributed by atoms with Crippen molar-refractivity contribution < 1.29 is 36.7 Å². The Morgan fingerprint density at radius 3 is 2.23 bits per heavy atom. The Bertz CT molecular complexity index is 1360. The maximum absolute atomic E-state index is 13.8. The molecular weight excluding hydrogens is 522 g/mol. The molecule has 13 heteroatoms. The SMILES string of the molecule is O=C(CC(=O)Nc1ccc(Oc2ccnc(NC(=O)N3CCCC3)c2)cc1C(F)(F)F)Nc1ccc(F)cc1. The van der Waals surface area contributed by atoms with Crippen molar-refractivity contribution in [2.75, 3.05) is 29.0 Å². The van der Waals surface area contributed by atoms with E-state index in [0.717, 1.165) is 31.0 Å². The maximum Gasteiger partial charge on any atom is 0.418 e. The molecule has 1 aliphatic rings. The van der Waals surface area contributed by atoms with Crippen LogP contribution in [0.3, 0.4) is 0 Å². The summed E-state index contributed by atoms with van der Waals surface area (Å²) < 4.78 is 59.9. The number of aromatic nitrogens is 1. The molecule has 0 radical (unpaired) electrons. The van der Waals surface area contributed by atoms with E-state index in [2.05, 4.69) is 20.9 Å². The van der Waals surface area contributed by atoms with Gasteiger partial charge in [-0.15, -0.1) is 0 Å². The van der Waals surface area contributed by atoms with Crippen molar-refractivity contribution in [3.8, 4) is 11.5 Å². The Morgan fingerprint density at radius 1 is 0.872 bits per heavy atom. The van der Waals surface area contributed by atoms with Gasteiger partial charge in [-0.1, -0.05) is 0 Å². The molecule has 3 aromatic rings. The summed E-state index contributed by atoms with van der Waals surface area (Å²) in [6.07, 6.45) is -2.47. The number of amides is 4. The van der Waals surface area contributed by atoms with Crippen LogP contribution in [0.5, 0.6) is 11.5 Å². The van der Waals surface area contributed by atoms with Gasteiger partial charge in [-0.25, -0.2) is 14.2 Å². The van der Waals surface area contributed by atoms with E-state index >= 15 is 0 Å². The lowest BCUT2D eigenvalue weighted by Crippen LogP contribution is -2.32. The molecule has 1 fully saturated rings. The summed E-state index contributed by atoms with van der Waals surface area (Å²) in [7, 11) is 0. The fourth-order valence-corrected chi connectivity index (χ4v) is 3.80. The third-order valence-corrected chi connectivity index (χ3v) is 5.61. The van der Waals surface area contributed by atoms with Crippen molar-refractivity contribution in [1.29, 1.82) is 0 Å². The zero-order valence-electron chi connectivity index (χ0n) is 20.3. The first-order valence-electron chi connectivity index (χ1n) is 11.8. The molecule has 3 N–H and O–H groups in total. The molecule has 2 heterocycles. The second kappa shape index (κ2) is 11.8. The van der Waals surface area contributed by atoms with Crippen LogP contribution in [-0.4, -0.2) is 40.8 Å². The van der Waals surface area contributed by atoms with Gasteiger partial charge in [-0.2, -0.15) is 13.2 Å². The lowest BCUT2D eigenvalue weighted by Gasteiger charge is -2.17. The Kier molecular flexibility index (Phi) is 8.27.